The van der Waals surface area contributed by atoms with E-state index in [1.807, 2.05) is 18.2 Å². The molecule has 0 heterocycles. The molecule has 0 spiro atoms. The second-order valence-corrected chi connectivity index (χ2v) is 4.37. The molecule has 0 aliphatic carbocycles. The first-order chi connectivity index (χ1) is 9.31. The largest absolute Gasteiger partial charge is 0.490 e. The molecule has 0 saturated heterocycles. The van der Waals surface area contributed by atoms with Crippen molar-refractivity contribution in [2.45, 2.75) is 32.6 Å². The zero-order valence-corrected chi connectivity index (χ0v) is 12.0. The molecule has 0 aliphatic heterocycles. The van der Waals surface area contributed by atoms with E-state index in [4.69, 9.17) is 14.2 Å². The lowest BCUT2D eigenvalue weighted by molar-refractivity contribution is 0.0485. The van der Waals surface area contributed by atoms with Crippen LogP contribution in [0.25, 0.3) is 6.08 Å². The zero-order valence-electron chi connectivity index (χ0n) is 12.0. The van der Waals surface area contributed by atoms with Gasteiger partial charge in [-0.2, -0.15) is 0 Å². The fourth-order valence-electron chi connectivity index (χ4n) is 1.72. The van der Waals surface area contributed by atoms with Crippen molar-refractivity contribution in [1.82, 2.24) is 0 Å². The Hall–Kier alpha value is -1.48. The Morgan fingerprint density at radius 2 is 1.95 bits per heavy atom. The number of ether oxygens (including phenoxy) is 3. The van der Waals surface area contributed by atoms with E-state index >= 15 is 0 Å². The standard InChI is InChI=1S/C16H24O3/c1-4-6-7-8-11-18-16-12-14(5-2)9-10-15(16)19-13-17-3/h5,9-10,12H,2,4,6-8,11,13H2,1,3H3. The van der Waals surface area contributed by atoms with Gasteiger partial charge in [-0.15, -0.1) is 0 Å². The SMILES string of the molecule is C=Cc1ccc(OCOC)c(OCCCCCC)c1. The summed E-state index contributed by atoms with van der Waals surface area (Å²) in [5, 5.41) is 0. The molecule has 0 saturated carbocycles. The summed E-state index contributed by atoms with van der Waals surface area (Å²) >= 11 is 0. The highest BCUT2D eigenvalue weighted by Gasteiger charge is 2.05. The zero-order chi connectivity index (χ0) is 13.9. The number of unbranched alkanes of at least 4 members (excludes halogenated alkanes) is 3. The van der Waals surface area contributed by atoms with Crippen molar-refractivity contribution in [2.24, 2.45) is 0 Å². The molecular formula is C16H24O3. The Labute approximate surface area is 116 Å². The molecular weight excluding hydrogens is 240 g/mol. The normalized spacial score (nSPS) is 10.2. The minimum atomic E-state index is 0.222. The quantitative estimate of drug-likeness (QED) is 0.466. The minimum absolute atomic E-state index is 0.222. The molecule has 0 fully saturated rings. The highest BCUT2D eigenvalue weighted by Crippen LogP contribution is 2.29. The van der Waals surface area contributed by atoms with Crippen LogP contribution in [0.15, 0.2) is 24.8 Å². The summed E-state index contributed by atoms with van der Waals surface area (Å²) in [6.45, 7) is 6.90. The third kappa shape index (κ3) is 5.79. The fraction of sp³-hybridized carbons (Fsp3) is 0.500. The van der Waals surface area contributed by atoms with Crippen molar-refractivity contribution in [2.75, 3.05) is 20.5 Å². The van der Waals surface area contributed by atoms with Gasteiger partial charge in [-0.3, -0.25) is 0 Å². The average molecular weight is 264 g/mol. The molecule has 0 aromatic heterocycles. The highest BCUT2D eigenvalue weighted by atomic mass is 16.7. The van der Waals surface area contributed by atoms with E-state index in [2.05, 4.69) is 13.5 Å². The van der Waals surface area contributed by atoms with Crippen LogP contribution >= 0.6 is 0 Å². The third-order valence-corrected chi connectivity index (χ3v) is 2.79. The molecule has 3 nitrogen and oxygen atoms in total. The summed E-state index contributed by atoms with van der Waals surface area (Å²) in [5.74, 6) is 1.47. The Bertz CT molecular complexity index is 374. The van der Waals surface area contributed by atoms with Crippen LogP contribution in [0, 0.1) is 0 Å². The summed E-state index contributed by atoms with van der Waals surface area (Å²) in [5.41, 5.74) is 1.02. The van der Waals surface area contributed by atoms with Crippen LogP contribution in [0.3, 0.4) is 0 Å². The molecule has 0 amide bonds. The van der Waals surface area contributed by atoms with Gasteiger partial charge in [0.1, 0.15) is 0 Å². The lowest BCUT2D eigenvalue weighted by atomic mass is 10.2. The maximum absolute atomic E-state index is 5.79. The highest BCUT2D eigenvalue weighted by molar-refractivity contribution is 5.54. The van der Waals surface area contributed by atoms with Crippen molar-refractivity contribution < 1.29 is 14.2 Å². The molecule has 0 atom stereocenters. The van der Waals surface area contributed by atoms with E-state index in [0.29, 0.717) is 12.4 Å². The third-order valence-electron chi connectivity index (χ3n) is 2.79. The van der Waals surface area contributed by atoms with Gasteiger partial charge >= 0.3 is 0 Å². The summed E-state index contributed by atoms with van der Waals surface area (Å²) in [7, 11) is 1.60. The second kappa shape index (κ2) is 9.45. The maximum atomic E-state index is 5.79. The maximum Gasteiger partial charge on any atom is 0.188 e. The lowest BCUT2D eigenvalue weighted by Crippen LogP contribution is -2.03. The first-order valence-corrected chi connectivity index (χ1v) is 6.82. The molecule has 1 rings (SSSR count). The van der Waals surface area contributed by atoms with Gasteiger partial charge in [0.2, 0.25) is 0 Å². The van der Waals surface area contributed by atoms with Gasteiger partial charge in [-0.05, 0) is 24.1 Å². The molecule has 0 radical (unpaired) electrons. The first-order valence-electron chi connectivity index (χ1n) is 6.82. The van der Waals surface area contributed by atoms with Gasteiger partial charge in [0.15, 0.2) is 18.3 Å². The predicted molar refractivity (Wildman–Crippen MR) is 78.7 cm³/mol. The van der Waals surface area contributed by atoms with Crippen molar-refractivity contribution >= 4 is 6.08 Å². The molecule has 0 unspecified atom stereocenters. The van der Waals surface area contributed by atoms with Crippen molar-refractivity contribution in [1.29, 1.82) is 0 Å². The van der Waals surface area contributed by atoms with E-state index in [1.165, 1.54) is 19.3 Å². The monoisotopic (exact) mass is 264 g/mol. The predicted octanol–water partition coefficient (Wildman–Crippen LogP) is 4.27. The van der Waals surface area contributed by atoms with Crippen molar-refractivity contribution in [3.63, 3.8) is 0 Å². The Kier molecular flexibility index (Phi) is 7.75. The smallest absolute Gasteiger partial charge is 0.188 e. The fourth-order valence-corrected chi connectivity index (χ4v) is 1.72. The van der Waals surface area contributed by atoms with Gasteiger partial charge in [-0.25, -0.2) is 0 Å². The van der Waals surface area contributed by atoms with Gasteiger partial charge in [0.05, 0.1) is 6.61 Å². The van der Waals surface area contributed by atoms with Crippen LogP contribution in [-0.4, -0.2) is 20.5 Å². The molecule has 106 valence electrons. The van der Waals surface area contributed by atoms with Crippen LogP contribution < -0.4 is 9.47 Å². The summed E-state index contributed by atoms with van der Waals surface area (Å²) < 4.78 is 16.2. The number of methoxy groups -OCH3 is 1. The molecule has 19 heavy (non-hydrogen) atoms. The minimum Gasteiger partial charge on any atom is -0.490 e. The van der Waals surface area contributed by atoms with E-state index in [9.17, 15) is 0 Å². The summed E-state index contributed by atoms with van der Waals surface area (Å²) in [6.07, 6.45) is 6.54. The number of hydrogen-bond acceptors (Lipinski definition) is 3. The topological polar surface area (TPSA) is 27.7 Å². The molecule has 0 aliphatic rings. The number of rotatable bonds is 10. The van der Waals surface area contributed by atoms with Crippen LogP contribution in [0.2, 0.25) is 0 Å². The van der Waals surface area contributed by atoms with Crippen molar-refractivity contribution in [3.05, 3.63) is 30.3 Å². The second-order valence-electron chi connectivity index (χ2n) is 4.37. The molecule has 0 bridgehead atoms. The van der Waals surface area contributed by atoms with E-state index in [1.54, 1.807) is 13.2 Å². The van der Waals surface area contributed by atoms with Crippen LogP contribution in [0.4, 0.5) is 0 Å². The van der Waals surface area contributed by atoms with Gasteiger partial charge in [-0.1, -0.05) is 44.9 Å². The first kappa shape index (κ1) is 15.6. The lowest BCUT2D eigenvalue weighted by Gasteiger charge is -2.13. The molecule has 1 aromatic rings. The van der Waals surface area contributed by atoms with Crippen LogP contribution in [-0.2, 0) is 4.74 Å². The summed E-state index contributed by atoms with van der Waals surface area (Å²) in [4.78, 5) is 0. The number of hydrogen-bond donors (Lipinski definition) is 0. The van der Waals surface area contributed by atoms with Gasteiger partial charge in [0.25, 0.3) is 0 Å². The summed E-state index contributed by atoms with van der Waals surface area (Å²) in [6, 6.07) is 5.77. The molecule has 1 aromatic carbocycles. The Balaban J connectivity index is 2.57. The van der Waals surface area contributed by atoms with E-state index < -0.39 is 0 Å². The van der Waals surface area contributed by atoms with Crippen LogP contribution in [0.5, 0.6) is 11.5 Å². The van der Waals surface area contributed by atoms with Crippen LogP contribution in [0.1, 0.15) is 38.2 Å². The number of benzene rings is 1. The Morgan fingerprint density at radius 1 is 1.11 bits per heavy atom. The van der Waals surface area contributed by atoms with Crippen molar-refractivity contribution in [3.8, 4) is 11.5 Å². The van der Waals surface area contributed by atoms with Gasteiger partial charge < -0.3 is 14.2 Å². The van der Waals surface area contributed by atoms with Gasteiger partial charge in [0, 0.05) is 7.11 Å². The van der Waals surface area contributed by atoms with E-state index in [-0.39, 0.29) is 6.79 Å². The molecule has 3 heteroatoms. The average Bonchev–Trinajstić information content (AvgIpc) is 2.45. The van der Waals surface area contributed by atoms with E-state index in [0.717, 1.165) is 17.7 Å². The molecule has 0 N–H and O–H groups in total. The Morgan fingerprint density at radius 3 is 2.63 bits per heavy atom.